The minimum Gasteiger partial charge on any atom is -0.504 e. The van der Waals surface area contributed by atoms with Gasteiger partial charge in [0, 0.05) is 24.8 Å². The summed E-state index contributed by atoms with van der Waals surface area (Å²) in [7, 11) is 0. The second-order valence-electron chi connectivity index (χ2n) is 5.99. The Balaban J connectivity index is 0.00000144. The van der Waals surface area contributed by atoms with Crippen LogP contribution >= 0.6 is 34.0 Å². The fourth-order valence-electron chi connectivity index (χ4n) is 3.16. The van der Waals surface area contributed by atoms with Crippen LogP contribution in [0.2, 0.25) is 0 Å². The molecule has 0 aromatic heterocycles. The van der Waals surface area contributed by atoms with Gasteiger partial charge in [-0.1, -0.05) is 12.1 Å². The van der Waals surface area contributed by atoms with Crippen LogP contribution in [0.4, 0.5) is 5.69 Å². The van der Waals surface area contributed by atoms with Crippen molar-refractivity contribution in [2.75, 3.05) is 18.8 Å². The van der Waals surface area contributed by atoms with Gasteiger partial charge < -0.3 is 15.9 Å². The van der Waals surface area contributed by atoms with Gasteiger partial charge in [0.25, 0.3) is 0 Å². The van der Waals surface area contributed by atoms with Crippen molar-refractivity contribution >= 4 is 39.7 Å². The third kappa shape index (κ3) is 4.43. The SMILES string of the molecule is Br.Br.CC1c2cc(O)c(O)cc2CCN1CCc1ccc(N)cc1. The van der Waals surface area contributed by atoms with E-state index in [2.05, 4.69) is 24.0 Å². The second kappa shape index (κ2) is 8.74. The largest absolute Gasteiger partial charge is 0.504 e. The Hall–Kier alpha value is -1.24. The van der Waals surface area contributed by atoms with Crippen LogP contribution in [-0.2, 0) is 12.8 Å². The first-order valence-electron chi connectivity index (χ1n) is 7.68. The molecule has 4 N–H and O–H groups in total. The number of halogens is 2. The van der Waals surface area contributed by atoms with Crippen LogP contribution in [0.15, 0.2) is 36.4 Å². The molecule has 132 valence electrons. The second-order valence-corrected chi connectivity index (χ2v) is 5.99. The summed E-state index contributed by atoms with van der Waals surface area (Å²) < 4.78 is 0. The fraction of sp³-hybridized carbons (Fsp3) is 0.333. The van der Waals surface area contributed by atoms with Gasteiger partial charge in [0.05, 0.1) is 0 Å². The number of anilines is 1. The van der Waals surface area contributed by atoms with E-state index in [4.69, 9.17) is 5.73 Å². The first kappa shape index (κ1) is 20.8. The van der Waals surface area contributed by atoms with Crippen LogP contribution in [0, 0.1) is 0 Å². The predicted molar refractivity (Wildman–Crippen MR) is 109 cm³/mol. The summed E-state index contributed by atoms with van der Waals surface area (Å²) in [5.74, 6) is -0.0627. The van der Waals surface area contributed by atoms with Gasteiger partial charge in [-0.15, -0.1) is 34.0 Å². The van der Waals surface area contributed by atoms with Crippen LogP contribution < -0.4 is 5.73 Å². The lowest BCUT2D eigenvalue weighted by Crippen LogP contribution is -2.35. The number of nitrogen functional groups attached to an aromatic ring is 1. The Kier molecular flexibility index (Phi) is 7.57. The van der Waals surface area contributed by atoms with E-state index in [1.807, 2.05) is 12.1 Å². The van der Waals surface area contributed by atoms with Crippen molar-refractivity contribution in [1.29, 1.82) is 0 Å². The molecule has 24 heavy (non-hydrogen) atoms. The molecule has 0 amide bonds. The summed E-state index contributed by atoms with van der Waals surface area (Å²) in [5.41, 5.74) is 10.0. The van der Waals surface area contributed by atoms with E-state index >= 15 is 0 Å². The van der Waals surface area contributed by atoms with Gasteiger partial charge in [0.2, 0.25) is 0 Å². The normalized spacial score (nSPS) is 16.6. The van der Waals surface area contributed by atoms with Crippen LogP contribution in [0.1, 0.15) is 29.7 Å². The Bertz CT molecular complexity index is 677. The highest BCUT2D eigenvalue weighted by atomic mass is 79.9. The summed E-state index contributed by atoms with van der Waals surface area (Å²) in [6.07, 6.45) is 1.87. The van der Waals surface area contributed by atoms with Crippen molar-refractivity contribution in [2.24, 2.45) is 0 Å². The number of benzene rings is 2. The minimum absolute atomic E-state index is 0. The van der Waals surface area contributed by atoms with Crippen molar-refractivity contribution in [3.8, 4) is 11.5 Å². The van der Waals surface area contributed by atoms with Crippen molar-refractivity contribution in [3.63, 3.8) is 0 Å². The van der Waals surface area contributed by atoms with Gasteiger partial charge in [-0.25, -0.2) is 0 Å². The molecule has 0 spiro atoms. The van der Waals surface area contributed by atoms with E-state index in [0.717, 1.165) is 42.7 Å². The average molecular weight is 460 g/mol. The molecule has 0 radical (unpaired) electrons. The summed E-state index contributed by atoms with van der Waals surface area (Å²) in [4.78, 5) is 2.41. The molecule has 0 fully saturated rings. The van der Waals surface area contributed by atoms with Crippen molar-refractivity contribution < 1.29 is 10.2 Å². The number of hydrogen-bond donors (Lipinski definition) is 3. The summed E-state index contributed by atoms with van der Waals surface area (Å²) in [5, 5.41) is 19.4. The molecule has 6 heteroatoms. The predicted octanol–water partition coefficient (Wildman–Crippen LogP) is 4.00. The van der Waals surface area contributed by atoms with Gasteiger partial charge in [-0.2, -0.15) is 0 Å². The molecular weight excluding hydrogens is 436 g/mol. The fourth-order valence-corrected chi connectivity index (χ4v) is 3.16. The minimum atomic E-state index is -0.0361. The molecule has 1 atom stereocenters. The zero-order chi connectivity index (χ0) is 15.7. The Morgan fingerprint density at radius 3 is 2.38 bits per heavy atom. The van der Waals surface area contributed by atoms with E-state index in [1.165, 1.54) is 5.56 Å². The number of aromatic hydroxyl groups is 2. The molecule has 1 heterocycles. The third-order valence-corrected chi connectivity index (χ3v) is 4.57. The lowest BCUT2D eigenvalue weighted by Gasteiger charge is -2.35. The third-order valence-electron chi connectivity index (χ3n) is 4.57. The summed E-state index contributed by atoms with van der Waals surface area (Å²) >= 11 is 0. The average Bonchev–Trinajstić information content (AvgIpc) is 2.50. The first-order chi connectivity index (χ1) is 10.5. The van der Waals surface area contributed by atoms with Gasteiger partial charge >= 0.3 is 0 Å². The van der Waals surface area contributed by atoms with Crippen molar-refractivity contribution in [1.82, 2.24) is 4.90 Å². The summed E-state index contributed by atoms with van der Waals surface area (Å²) in [6, 6.07) is 11.6. The number of phenolic OH excluding ortho intramolecular Hbond substituents is 2. The number of nitrogens with zero attached hydrogens (tertiary/aromatic N) is 1. The molecule has 0 saturated heterocycles. The van der Waals surface area contributed by atoms with Crippen LogP contribution in [0.25, 0.3) is 0 Å². The maximum atomic E-state index is 9.73. The standard InChI is InChI=1S/C18H22N2O2.2BrH/c1-12-16-11-18(22)17(21)10-14(16)7-9-20(12)8-6-13-2-4-15(19)5-3-13;;/h2-5,10-12,21-22H,6-9,19H2,1H3;2*1H. The van der Waals surface area contributed by atoms with Gasteiger partial charge in [0.15, 0.2) is 11.5 Å². The van der Waals surface area contributed by atoms with Gasteiger partial charge in [0.1, 0.15) is 0 Å². The smallest absolute Gasteiger partial charge is 0.157 e. The number of fused-ring (bicyclic) bond motifs is 1. The van der Waals surface area contributed by atoms with Crippen molar-refractivity contribution in [2.45, 2.75) is 25.8 Å². The van der Waals surface area contributed by atoms with E-state index in [9.17, 15) is 10.2 Å². The lowest BCUT2D eigenvalue weighted by molar-refractivity contribution is 0.200. The van der Waals surface area contributed by atoms with E-state index in [0.29, 0.717) is 0 Å². The number of hydrogen-bond acceptors (Lipinski definition) is 4. The molecule has 1 aliphatic rings. The number of rotatable bonds is 3. The zero-order valence-corrected chi connectivity index (χ0v) is 17.0. The molecule has 2 aromatic carbocycles. The molecule has 3 rings (SSSR count). The van der Waals surface area contributed by atoms with Gasteiger partial charge in [-0.3, -0.25) is 4.90 Å². The number of phenols is 2. The molecule has 1 aliphatic heterocycles. The topological polar surface area (TPSA) is 69.7 Å². The Morgan fingerprint density at radius 2 is 1.71 bits per heavy atom. The Morgan fingerprint density at radius 1 is 1.08 bits per heavy atom. The van der Waals surface area contributed by atoms with Crippen LogP contribution in [0.5, 0.6) is 11.5 Å². The number of nitrogens with two attached hydrogens (primary N) is 1. The highest BCUT2D eigenvalue weighted by Crippen LogP contribution is 2.36. The van der Waals surface area contributed by atoms with E-state index in [-0.39, 0.29) is 51.5 Å². The van der Waals surface area contributed by atoms with Crippen LogP contribution in [0.3, 0.4) is 0 Å². The lowest BCUT2D eigenvalue weighted by atomic mass is 9.92. The monoisotopic (exact) mass is 458 g/mol. The van der Waals surface area contributed by atoms with E-state index < -0.39 is 0 Å². The zero-order valence-electron chi connectivity index (χ0n) is 13.6. The first-order valence-corrected chi connectivity index (χ1v) is 7.68. The van der Waals surface area contributed by atoms with E-state index in [1.54, 1.807) is 12.1 Å². The summed E-state index contributed by atoms with van der Waals surface area (Å²) in [6.45, 7) is 4.08. The molecule has 0 bridgehead atoms. The maximum absolute atomic E-state index is 9.73. The Labute approximate surface area is 163 Å². The molecule has 0 aliphatic carbocycles. The molecule has 4 nitrogen and oxygen atoms in total. The van der Waals surface area contributed by atoms with Crippen LogP contribution in [-0.4, -0.2) is 28.2 Å². The molecule has 0 saturated carbocycles. The quantitative estimate of drug-likeness (QED) is 0.479. The molecular formula is C18H24Br2N2O2. The molecule has 2 aromatic rings. The van der Waals surface area contributed by atoms with Crippen molar-refractivity contribution in [3.05, 3.63) is 53.1 Å². The molecule has 1 unspecified atom stereocenters. The highest BCUT2D eigenvalue weighted by Gasteiger charge is 2.24. The highest BCUT2D eigenvalue weighted by molar-refractivity contribution is 8.93. The van der Waals surface area contributed by atoms with Gasteiger partial charge in [-0.05, 0) is 60.7 Å². The maximum Gasteiger partial charge on any atom is 0.157 e.